The quantitative estimate of drug-likeness (QED) is 0.370. The Bertz CT molecular complexity index is 1340. The van der Waals surface area contributed by atoms with Gasteiger partial charge < -0.3 is 21.1 Å². The van der Waals surface area contributed by atoms with Crippen LogP contribution in [-0.2, 0) is 0 Å². The largest absolute Gasteiger partial charge is 0.456 e. The molecule has 3 amide bonds. The molecular formula is C25H24N6O3S. The maximum Gasteiger partial charge on any atom is 0.332 e. The predicted molar refractivity (Wildman–Crippen MR) is 137 cm³/mol. The van der Waals surface area contributed by atoms with Crippen molar-refractivity contribution in [2.75, 3.05) is 23.3 Å². The molecule has 1 saturated heterocycles. The number of thiophene rings is 1. The molecule has 35 heavy (non-hydrogen) atoms. The first-order valence-corrected chi connectivity index (χ1v) is 12.2. The average molecular weight is 489 g/mol. The number of amides is 3. The number of urea groups is 1. The molecule has 0 atom stereocenters. The third kappa shape index (κ3) is 4.79. The number of anilines is 3. The Morgan fingerprint density at radius 2 is 1.80 bits per heavy atom. The highest BCUT2D eigenvalue weighted by Crippen LogP contribution is 2.45. The van der Waals surface area contributed by atoms with Crippen LogP contribution in [0.1, 0.15) is 28.9 Å². The molecule has 0 bridgehead atoms. The number of hydrogen-bond acceptors (Lipinski definition) is 7. The van der Waals surface area contributed by atoms with E-state index in [1.807, 2.05) is 30.3 Å². The number of piperidine rings is 1. The summed E-state index contributed by atoms with van der Waals surface area (Å²) < 4.78 is 5.75. The van der Waals surface area contributed by atoms with Crippen LogP contribution in [0, 0.1) is 0 Å². The highest BCUT2D eigenvalue weighted by atomic mass is 32.1. The van der Waals surface area contributed by atoms with Crippen molar-refractivity contribution in [3.8, 4) is 11.5 Å². The van der Waals surface area contributed by atoms with Gasteiger partial charge in [-0.3, -0.25) is 4.79 Å². The van der Waals surface area contributed by atoms with Gasteiger partial charge in [0.25, 0.3) is 5.91 Å². The van der Waals surface area contributed by atoms with Gasteiger partial charge in [-0.25, -0.2) is 19.7 Å². The van der Waals surface area contributed by atoms with Crippen molar-refractivity contribution >= 4 is 50.7 Å². The first-order chi connectivity index (χ1) is 17.1. The number of carbonyl (C=O) groups is 2. The van der Waals surface area contributed by atoms with Crippen LogP contribution in [0.15, 0.2) is 60.9 Å². The summed E-state index contributed by atoms with van der Waals surface area (Å²) in [4.78, 5) is 35.6. The van der Waals surface area contributed by atoms with Gasteiger partial charge in [-0.15, -0.1) is 11.3 Å². The van der Waals surface area contributed by atoms with E-state index in [9.17, 15) is 9.59 Å². The van der Waals surface area contributed by atoms with Crippen molar-refractivity contribution in [3.63, 3.8) is 0 Å². The van der Waals surface area contributed by atoms with Gasteiger partial charge in [-0.2, -0.15) is 0 Å². The second-order valence-electron chi connectivity index (χ2n) is 8.02. The Kier molecular flexibility index (Phi) is 6.55. The van der Waals surface area contributed by atoms with Gasteiger partial charge in [0.1, 0.15) is 27.0 Å². The SMILES string of the molecule is C1CCNCC1.NC(=O)c1sc2nccc3c2c1NC(=O)N3c1ccc(Oc2ccccc2)cn1. The average Bonchev–Trinajstić information content (AvgIpc) is 3.27. The summed E-state index contributed by atoms with van der Waals surface area (Å²) in [7, 11) is 0. The fourth-order valence-electron chi connectivity index (χ4n) is 3.98. The first-order valence-electron chi connectivity index (χ1n) is 11.3. The number of nitrogens with zero attached hydrogens (tertiary/aromatic N) is 3. The number of primary amides is 1. The molecule has 0 unspecified atom stereocenters. The third-order valence-electron chi connectivity index (χ3n) is 5.61. The molecule has 4 N–H and O–H groups in total. The monoisotopic (exact) mass is 488 g/mol. The van der Waals surface area contributed by atoms with Crippen molar-refractivity contribution in [2.24, 2.45) is 5.73 Å². The predicted octanol–water partition coefficient (Wildman–Crippen LogP) is 5.03. The number of pyridine rings is 2. The highest BCUT2D eigenvalue weighted by molar-refractivity contribution is 7.21. The number of rotatable bonds is 4. The van der Waals surface area contributed by atoms with Crippen LogP contribution in [-0.4, -0.2) is 35.0 Å². The van der Waals surface area contributed by atoms with Gasteiger partial charge >= 0.3 is 6.03 Å². The van der Waals surface area contributed by atoms with E-state index < -0.39 is 11.9 Å². The summed E-state index contributed by atoms with van der Waals surface area (Å²) in [5.41, 5.74) is 6.43. The molecule has 10 heteroatoms. The molecule has 1 fully saturated rings. The lowest BCUT2D eigenvalue weighted by molar-refractivity contribution is 0.100. The van der Waals surface area contributed by atoms with Crippen molar-refractivity contribution in [1.82, 2.24) is 15.3 Å². The Balaban J connectivity index is 0.000000371. The zero-order valence-corrected chi connectivity index (χ0v) is 19.7. The number of benzene rings is 1. The van der Waals surface area contributed by atoms with Crippen molar-refractivity contribution < 1.29 is 14.3 Å². The lowest BCUT2D eigenvalue weighted by Gasteiger charge is -2.27. The van der Waals surface area contributed by atoms with Crippen molar-refractivity contribution in [1.29, 1.82) is 0 Å². The minimum atomic E-state index is -0.608. The van der Waals surface area contributed by atoms with Gasteiger partial charge in [0.15, 0.2) is 0 Å². The molecule has 0 saturated carbocycles. The maximum atomic E-state index is 12.8. The van der Waals surface area contributed by atoms with E-state index >= 15 is 0 Å². The lowest BCUT2D eigenvalue weighted by Crippen LogP contribution is -2.34. The number of para-hydroxylation sites is 1. The molecule has 5 heterocycles. The number of nitrogens with one attached hydrogen (secondary N) is 2. The fraction of sp³-hybridized carbons (Fsp3) is 0.200. The van der Waals surface area contributed by atoms with Gasteiger partial charge in [0.2, 0.25) is 0 Å². The summed E-state index contributed by atoms with van der Waals surface area (Å²) >= 11 is 1.15. The van der Waals surface area contributed by atoms with Crippen LogP contribution >= 0.6 is 11.3 Å². The molecule has 2 aliphatic rings. The van der Waals surface area contributed by atoms with Crippen LogP contribution in [0.4, 0.5) is 22.0 Å². The highest BCUT2D eigenvalue weighted by Gasteiger charge is 2.32. The summed E-state index contributed by atoms with van der Waals surface area (Å²) in [6, 6.07) is 14.0. The Morgan fingerprint density at radius 1 is 1.00 bits per heavy atom. The molecule has 2 aliphatic heterocycles. The summed E-state index contributed by atoms with van der Waals surface area (Å²) in [5.74, 6) is 1.04. The van der Waals surface area contributed by atoms with E-state index in [-0.39, 0.29) is 4.88 Å². The molecule has 4 aromatic rings. The molecule has 6 rings (SSSR count). The Morgan fingerprint density at radius 3 is 2.43 bits per heavy atom. The third-order valence-corrected chi connectivity index (χ3v) is 6.72. The summed E-state index contributed by atoms with van der Waals surface area (Å²) in [6.45, 7) is 2.50. The number of carbonyl (C=O) groups excluding carboxylic acids is 2. The van der Waals surface area contributed by atoms with E-state index in [0.717, 1.165) is 11.3 Å². The smallest absolute Gasteiger partial charge is 0.332 e. The minimum absolute atomic E-state index is 0.271. The molecule has 178 valence electrons. The van der Waals surface area contributed by atoms with Gasteiger partial charge in [-0.1, -0.05) is 24.6 Å². The van der Waals surface area contributed by atoms with E-state index in [2.05, 4.69) is 20.6 Å². The molecule has 0 radical (unpaired) electrons. The van der Waals surface area contributed by atoms with E-state index in [1.165, 1.54) is 37.3 Å². The number of ether oxygens (including phenoxy) is 1. The van der Waals surface area contributed by atoms with Gasteiger partial charge in [0.05, 0.1) is 23.0 Å². The number of aromatic nitrogens is 2. The standard InChI is InChI=1S/C20H13N5O3S.C5H11N/c21-18(26)17-16-15-13(8-9-22-19(15)29-17)25(20(27)24-16)14-7-6-12(10-23-14)28-11-4-2-1-3-5-11;1-2-4-6-5-3-1/h1-10H,(H2,21,26)(H,24,27);6H,1-5H2. The zero-order valence-electron chi connectivity index (χ0n) is 18.9. The first kappa shape index (κ1) is 22.8. The van der Waals surface area contributed by atoms with Crippen LogP contribution in [0.3, 0.4) is 0 Å². The number of nitrogens with two attached hydrogens (primary N) is 1. The van der Waals surface area contributed by atoms with Gasteiger partial charge in [0, 0.05) is 6.20 Å². The second-order valence-corrected chi connectivity index (χ2v) is 9.02. The van der Waals surface area contributed by atoms with E-state index in [1.54, 1.807) is 30.6 Å². The molecule has 3 aromatic heterocycles. The van der Waals surface area contributed by atoms with E-state index in [0.29, 0.717) is 38.9 Å². The second kappa shape index (κ2) is 10.1. The van der Waals surface area contributed by atoms with E-state index in [4.69, 9.17) is 10.5 Å². The van der Waals surface area contributed by atoms with Crippen LogP contribution < -0.4 is 26.0 Å². The number of hydrogen-bond donors (Lipinski definition) is 3. The normalized spacial score (nSPS) is 14.6. The molecular weight excluding hydrogens is 464 g/mol. The fourth-order valence-corrected chi connectivity index (χ4v) is 4.95. The topological polar surface area (TPSA) is 122 Å². The Labute approximate surface area is 205 Å². The van der Waals surface area contributed by atoms with Crippen LogP contribution in [0.5, 0.6) is 11.5 Å². The molecule has 1 aromatic carbocycles. The van der Waals surface area contributed by atoms with Gasteiger partial charge in [-0.05, 0) is 56.3 Å². The molecule has 0 aliphatic carbocycles. The summed E-state index contributed by atoms with van der Waals surface area (Å²) in [5, 5.41) is 6.69. The molecule has 0 spiro atoms. The van der Waals surface area contributed by atoms with Crippen LogP contribution in [0.2, 0.25) is 0 Å². The van der Waals surface area contributed by atoms with Crippen LogP contribution in [0.25, 0.3) is 10.2 Å². The lowest BCUT2D eigenvalue weighted by atomic mass is 10.1. The Hall–Kier alpha value is -4.02. The van der Waals surface area contributed by atoms with Crippen molar-refractivity contribution in [3.05, 3.63) is 65.8 Å². The minimum Gasteiger partial charge on any atom is -0.456 e. The van der Waals surface area contributed by atoms with Crippen molar-refractivity contribution in [2.45, 2.75) is 19.3 Å². The maximum absolute atomic E-state index is 12.8. The summed E-state index contributed by atoms with van der Waals surface area (Å²) in [6.07, 6.45) is 7.35. The zero-order chi connectivity index (χ0) is 24.2. The molecule has 9 nitrogen and oxygen atoms in total.